The van der Waals surface area contributed by atoms with E-state index in [0.717, 1.165) is 11.3 Å². The smallest absolute Gasteiger partial charge is 0.267 e. The van der Waals surface area contributed by atoms with Gasteiger partial charge < -0.3 is 21.0 Å². The number of nitrogens with two attached hydrogens (primary N) is 1. The van der Waals surface area contributed by atoms with Crippen LogP contribution in [-0.2, 0) is 11.3 Å². The first-order valence-corrected chi connectivity index (χ1v) is 7.27. The molecule has 0 amide bonds. The molecule has 0 saturated heterocycles. The lowest BCUT2D eigenvalue weighted by Crippen LogP contribution is -2.27. The van der Waals surface area contributed by atoms with E-state index in [1.807, 2.05) is 31.2 Å². The largest absolute Gasteiger partial charge is 0.480 e. The molecule has 0 aliphatic carbocycles. The number of nitrogens with zero attached hydrogens (tertiary/aromatic N) is 3. The predicted octanol–water partition coefficient (Wildman–Crippen LogP) is 1.31. The summed E-state index contributed by atoms with van der Waals surface area (Å²) in [6.45, 7) is 6.38. The molecular weight excluding hydrogens is 310 g/mol. The van der Waals surface area contributed by atoms with Crippen LogP contribution in [0.25, 0.3) is 0 Å². The monoisotopic (exact) mass is 329 g/mol. The van der Waals surface area contributed by atoms with Crippen LogP contribution in [0, 0.1) is 0 Å². The molecule has 126 valence electrons. The van der Waals surface area contributed by atoms with Crippen molar-refractivity contribution in [2.45, 2.75) is 13.5 Å². The molecule has 8 heteroatoms. The highest BCUT2D eigenvalue weighted by Crippen LogP contribution is 2.13. The standard InChI is InChI=1S/C16H19N5O3/c1-3-24-11(2)18-13-6-4-5-12(9-13)10-21-15(22)8-7-14(19-21)16(17)20-23/h4-9,18,23H,2-3,10H2,1H3,(H2,17,20). The second kappa shape index (κ2) is 7.82. The second-order valence-corrected chi connectivity index (χ2v) is 4.88. The van der Waals surface area contributed by atoms with Gasteiger partial charge in [0.05, 0.1) is 13.2 Å². The Morgan fingerprint density at radius 3 is 2.96 bits per heavy atom. The summed E-state index contributed by atoms with van der Waals surface area (Å²) in [5.74, 6) is 0.283. The number of aromatic nitrogens is 2. The third kappa shape index (κ3) is 4.35. The van der Waals surface area contributed by atoms with Gasteiger partial charge in [-0.25, -0.2) is 4.68 Å². The highest BCUT2D eigenvalue weighted by Gasteiger charge is 2.06. The minimum atomic E-state index is -0.290. The van der Waals surface area contributed by atoms with Gasteiger partial charge in [0, 0.05) is 11.8 Å². The van der Waals surface area contributed by atoms with Gasteiger partial charge in [-0.05, 0) is 37.3 Å². The topological polar surface area (TPSA) is 115 Å². The Bertz CT molecular complexity index is 813. The maximum absolute atomic E-state index is 11.9. The van der Waals surface area contributed by atoms with Crippen LogP contribution in [0.15, 0.2) is 58.8 Å². The third-order valence-electron chi connectivity index (χ3n) is 3.10. The minimum Gasteiger partial charge on any atom is -0.480 e. The van der Waals surface area contributed by atoms with Crippen LogP contribution in [0.3, 0.4) is 0 Å². The summed E-state index contributed by atoms with van der Waals surface area (Å²) in [4.78, 5) is 11.9. The first-order chi connectivity index (χ1) is 11.5. The molecule has 0 saturated carbocycles. The van der Waals surface area contributed by atoms with Gasteiger partial charge in [0.1, 0.15) is 5.69 Å². The summed E-state index contributed by atoms with van der Waals surface area (Å²) in [7, 11) is 0. The number of rotatable bonds is 7. The SMILES string of the molecule is C=C(Nc1cccc(Cn2nc(/C(N)=N/O)ccc2=O)c1)OCC. The molecule has 0 unspecified atom stereocenters. The van der Waals surface area contributed by atoms with Crippen LogP contribution in [0.5, 0.6) is 0 Å². The van der Waals surface area contributed by atoms with E-state index in [-0.39, 0.29) is 23.6 Å². The fraction of sp³-hybridized carbons (Fsp3) is 0.188. The number of benzene rings is 1. The van der Waals surface area contributed by atoms with Crippen molar-refractivity contribution in [3.63, 3.8) is 0 Å². The van der Waals surface area contributed by atoms with Gasteiger partial charge in [0.15, 0.2) is 11.7 Å². The van der Waals surface area contributed by atoms with Crippen molar-refractivity contribution < 1.29 is 9.94 Å². The van der Waals surface area contributed by atoms with Crippen molar-refractivity contribution in [2.75, 3.05) is 11.9 Å². The number of oxime groups is 1. The average Bonchev–Trinajstić information content (AvgIpc) is 2.56. The van der Waals surface area contributed by atoms with E-state index in [9.17, 15) is 4.79 Å². The van der Waals surface area contributed by atoms with Crippen molar-refractivity contribution in [3.8, 4) is 0 Å². The second-order valence-electron chi connectivity index (χ2n) is 4.88. The first-order valence-electron chi connectivity index (χ1n) is 7.27. The predicted molar refractivity (Wildman–Crippen MR) is 90.9 cm³/mol. The van der Waals surface area contributed by atoms with Crippen LogP contribution in [0.4, 0.5) is 5.69 Å². The maximum atomic E-state index is 11.9. The molecule has 2 aromatic rings. The van der Waals surface area contributed by atoms with Crippen molar-refractivity contribution in [1.82, 2.24) is 9.78 Å². The summed E-state index contributed by atoms with van der Waals surface area (Å²) < 4.78 is 6.49. The van der Waals surface area contributed by atoms with Crippen molar-refractivity contribution in [2.24, 2.45) is 10.9 Å². The van der Waals surface area contributed by atoms with Gasteiger partial charge in [-0.3, -0.25) is 4.79 Å². The normalized spacial score (nSPS) is 11.1. The number of ether oxygens (including phenoxy) is 1. The van der Waals surface area contributed by atoms with Crippen LogP contribution in [0.1, 0.15) is 18.2 Å². The van der Waals surface area contributed by atoms with Crippen LogP contribution >= 0.6 is 0 Å². The number of nitrogens with one attached hydrogen (secondary N) is 1. The zero-order valence-electron chi connectivity index (χ0n) is 13.3. The minimum absolute atomic E-state index is 0.160. The Labute approximate surface area is 138 Å². The Morgan fingerprint density at radius 2 is 2.25 bits per heavy atom. The fourth-order valence-corrected chi connectivity index (χ4v) is 2.04. The first kappa shape index (κ1) is 17.1. The summed E-state index contributed by atoms with van der Waals surface area (Å²) in [5, 5.41) is 18.7. The molecule has 2 rings (SSSR count). The van der Waals surface area contributed by atoms with Gasteiger partial charge in [0.25, 0.3) is 5.56 Å². The zero-order valence-corrected chi connectivity index (χ0v) is 13.3. The summed E-state index contributed by atoms with van der Waals surface area (Å²) in [6, 6.07) is 10.1. The van der Waals surface area contributed by atoms with E-state index in [1.54, 1.807) is 0 Å². The number of hydrogen-bond acceptors (Lipinski definition) is 6. The van der Waals surface area contributed by atoms with Gasteiger partial charge in [-0.1, -0.05) is 17.3 Å². The lowest BCUT2D eigenvalue weighted by Gasteiger charge is -2.11. The van der Waals surface area contributed by atoms with Crippen LogP contribution < -0.4 is 16.6 Å². The molecule has 0 bridgehead atoms. The Hall–Kier alpha value is -3.29. The molecule has 0 atom stereocenters. The van der Waals surface area contributed by atoms with Crippen molar-refractivity contribution in [1.29, 1.82) is 0 Å². The van der Waals surface area contributed by atoms with Gasteiger partial charge in [0.2, 0.25) is 0 Å². The average molecular weight is 329 g/mol. The molecule has 1 aromatic carbocycles. The van der Waals surface area contributed by atoms with Crippen LogP contribution in [-0.4, -0.2) is 27.4 Å². The lowest BCUT2D eigenvalue weighted by atomic mass is 10.2. The van der Waals surface area contributed by atoms with E-state index >= 15 is 0 Å². The molecular formula is C16H19N5O3. The van der Waals surface area contributed by atoms with Crippen molar-refractivity contribution in [3.05, 3.63) is 70.5 Å². The van der Waals surface area contributed by atoms with Gasteiger partial charge in [-0.2, -0.15) is 5.10 Å². The van der Waals surface area contributed by atoms with Gasteiger partial charge >= 0.3 is 0 Å². The highest BCUT2D eigenvalue weighted by molar-refractivity contribution is 5.94. The van der Waals surface area contributed by atoms with E-state index in [0.29, 0.717) is 12.5 Å². The molecule has 0 aliphatic rings. The number of amidine groups is 1. The number of anilines is 1. The maximum Gasteiger partial charge on any atom is 0.267 e. The zero-order chi connectivity index (χ0) is 17.5. The van der Waals surface area contributed by atoms with E-state index in [4.69, 9.17) is 15.7 Å². The summed E-state index contributed by atoms with van der Waals surface area (Å²) >= 11 is 0. The molecule has 24 heavy (non-hydrogen) atoms. The summed E-state index contributed by atoms with van der Waals surface area (Å²) in [5.41, 5.74) is 7.06. The molecule has 0 aliphatic heterocycles. The fourth-order valence-electron chi connectivity index (χ4n) is 2.04. The molecule has 8 nitrogen and oxygen atoms in total. The van der Waals surface area contributed by atoms with Gasteiger partial charge in [-0.15, -0.1) is 0 Å². The molecule has 0 spiro atoms. The lowest BCUT2D eigenvalue weighted by molar-refractivity contribution is 0.236. The molecule has 0 fully saturated rings. The quantitative estimate of drug-likeness (QED) is 0.232. The number of hydrogen-bond donors (Lipinski definition) is 3. The highest BCUT2D eigenvalue weighted by atomic mass is 16.5. The van der Waals surface area contributed by atoms with E-state index < -0.39 is 0 Å². The Balaban J connectivity index is 2.22. The Kier molecular flexibility index (Phi) is 5.56. The third-order valence-corrected chi connectivity index (χ3v) is 3.10. The molecule has 0 radical (unpaired) electrons. The van der Waals surface area contributed by atoms with Crippen molar-refractivity contribution >= 4 is 11.5 Å². The molecule has 1 heterocycles. The Morgan fingerprint density at radius 1 is 1.46 bits per heavy atom. The summed E-state index contributed by atoms with van der Waals surface area (Å²) in [6.07, 6.45) is 0. The van der Waals surface area contributed by atoms with Crippen LogP contribution in [0.2, 0.25) is 0 Å². The molecule has 4 N–H and O–H groups in total. The van der Waals surface area contributed by atoms with E-state index in [2.05, 4.69) is 22.2 Å². The molecule has 1 aromatic heterocycles. The van der Waals surface area contributed by atoms with E-state index in [1.165, 1.54) is 16.8 Å².